The topological polar surface area (TPSA) is 103 Å². The van der Waals surface area contributed by atoms with Crippen molar-refractivity contribution in [3.63, 3.8) is 0 Å². The largest absolute Gasteiger partial charge is 0.507 e. The van der Waals surface area contributed by atoms with Crippen LogP contribution in [0.25, 0.3) is 5.76 Å². The fourth-order valence-electron chi connectivity index (χ4n) is 5.51. The van der Waals surface area contributed by atoms with Crippen molar-refractivity contribution in [1.82, 2.24) is 14.5 Å². The molecule has 9 heteroatoms. The Morgan fingerprint density at radius 3 is 2.48 bits per heavy atom. The number of aromatic nitrogens is 2. The smallest absolute Gasteiger partial charge is 0.295 e. The second-order valence-electron chi connectivity index (χ2n) is 11.9. The summed E-state index contributed by atoms with van der Waals surface area (Å²) in [5.41, 5.74) is 3.27. The summed E-state index contributed by atoms with van der Waals surface area (Å²) in [6, 6.07) is 19.5. The average molecular weight is 624 g/mol. The molecule has 1 aliphatic rings. The first kappa shape index (κ1) is 32.3. The van der Waals surface area contributed by atoms with Crippen LogP contribution in [0.15, 0.2) is 91.0 Å². The van der Waals surface area contributed by atoms with Gasteiger partial charge in [-0.3, -0.25) is 9.59 Å². The number of amides is 1. The van der Waals surface area contributed by atoms with Crippen molar-refractivity contribution in [2.24, 2.45) is 5.92 Å². The van der Waals surface area contributed by atoms with Crippen LogP contribution >= 0.6 is 0 Å². The molecule has 0 radical (unpaired) electrons. The summed E-state index contributed by atoms with van der Waals surface area (Å²) in [4.78, 5) is 32.7. The van der Waals surface area contributed by atoms with Gasteiger partial charge in [-0.25, -0.2) is 4.98 Å². The molecule has 0 bridgehead atoms. The highest BCUT2D eigenvalue weighted by atomic mass is 16.5. The molecule has 1 N–H and O–H groups in total. The minimum Gasteiger partial charge on any atom is -0.507 e. The van der Waals surface area contributed by atoms with Crippen molar-refractivity contribution in [3.8, 4) is 17.2 Å². The number of ether oxygens (including phenoxy) is 3. The number of carbonyl (C=O) groups excluding carboxylic acids is 2. The molecule has 0 aliphatic carbocycles. The minimum absolute atomic E-state index is 0.0246. The number of Topliss-reactive ketones (excluding diaryl/α,β-unsaturated/α-hetero) is 1. The molecular formula is C37H41N3O6. The van der Waals surface area contributed by atoms with Crippen LogP contribution in [-0.4, -0.2) is 51.5 Å². The summed E-state index contributed by atoms with van der Waals surface area (Å²) >= 11 is 0. The van der Waals surface area contributed by atoms with Crippen LogP contribution in [0.5, 0.6) is 17.2 Å². The zero-order chi connectivity index (χ0) is 32.6. The van der Waals surface area contributed by atoms with Crippen LogP contribution in [-0.2, 0) is 22.7 Å². The SMILES string of the molecule is COc1cc(C2/C(=C(\O)c3ccc(OCc4cccc(C)c4)cc3)C(=O)C(=O)N2CCCn2ccnc2)ccc1OCCC(C)C. The van der Waals surface area contributed by atoms with Gasteiger partial charge in [0.15, 0.2) is 11.5 Å². The molecule has 46 heavy (non-hydrogen) atoms. The zero-order valence-corrected chi connectivity index (χ0v) is 26.8. The molecule has 1 atom stereocenters. The molecule has 1 aromatic heterocycles. The van der Waals surface area contributed by atoms with Crippen molar-refractivity contribution in [1.29, 1.82) is 0 Å². The van der Waals surface area contributed by atoms with Gasteiger partial charge >= 0.3 is 0 Å². The number of hydrogen-bond acceptors (Lipinski definition) is 7. The van der Waals surface area contributed by atoms with Crippen LogP contribution in [0.4, 0.5) is 0 Å². The van der Waals surface area contributed by atoms with Gasteiger partial charge in [-0.05, 0) is 73.2 Å². The lowest BCUT2D eigenvalue weighted by atomic mass is 9.95. The van der Waals surface area contributed by atoms with Gasteiger partial charge in [-0.15, -0.1) is 0 Å². The lowest BCUT2D eigenvalue weighted by molar-refractivity contribution is -0.139. The van der Waals surface area contributed by atoms with E-state index in [4.69, 9.17) is 14.2 Å². The Morgan fingerprint density at radius 1 is 0.978 bits per heavy atom. The Labute approximate surface area is 270 Å². The highest BCUT2D eigenvalue weighted by Gasteiger charge is 2.46. The molecule has 0 spiro atoms. The van der Waals surface area contributed by atoms with Gasteiger partial charge in [0.05, 0.1) is 31.7 Å². The molecule has 1 saturated heterocycles. The van der Waals surface area contributed by atoms with E-state index in [1.54, 1.807) is 56.0 Å². The third-order valence-electron chi connectivity index (χ3n) is 7.99. The monoisotopic (exact) mass is 623 g/mol. The summed E-state index contributed by atoms with van der Waals surface area (Å²) < 4.78 is 19.5. The average Bonchev–Trinajstić information content (AvgIpc) is 3.66. The lowest BCUT2D eigenvalue weighted by Crippen LogP contribution is -2.31. The molecule has 9 nitrogen and oxygen atoms in total. The molecule has 3 aromatic carbocycles. The maximum atomic E-state index is 13.6. The number of aliphatic hydroxyl groups excluding tert-OH is 1. The Balaban J connectivity index is 1.44. The quantitative estimate of drug-likeness (QED) is 0.0946. The van der Waals surface area contributed by atoms with E-state index in [-0.39, 0.29) is 11.3 Å². The van der Waals surface area contributed by atoms with Crippen LogP contribution in [0, 0.1) is 12.8 Å². The first-order chi connectivity index (χ1) is 22.2. The third kappa shape index (κ3) is 7.59. The highest BCUT2D eigenvalue weighted by Crippen LogP contribution is 2.42. The second-order valence-corrected chi connectivity index (χ2v) is 11.9. The Bertz CT molecular complexity index is 1680. The number of aliphatic hydroxyl groups is 1. The normalized spacial score (nSPS) is 15.8. The summed E-state index contributed by atoms with van der Waals surface area (Å²) in [5, 5.41) is 11.6. The first-order valence-corrected chi connectivity index (χ1v) is 15.6. The van der Waals surface area contributed by atoms with E-state index >= 15 is 0 Å². The molecule has 1 unspecified atom stereocenters. The number of imidazole rings is 1. The fraction of sp³-hybridized carbons (Fsp3) is 0.324. The number of nitrogens with zero attached hydrogens (tertiary/aromatic N) is 3. The zero-order valence-electron chi connectivity index (χ0n) is 26.8. The number of aryl methyl sites for hydroxylation is 2. The van der Waals surface area contributed by atoms with E-state index in [0.29, 0.717) is 67.0 Å². The van der Waals surface area contributed by atoms with E-state index in [1.165, 1.54) is 4.90 Å². The molecule has 5 rings (SSSR count). The van der Waals surface area contributed by atoms with Gasteiger partial charge in [0.1, 0.15) is 18.1 Å². The van der Waals surface area contributed by atoms with Gasteiger partial charge in [0.25, 0.3) is 11.7 Å². The number of ketones is 1. The number of carbonyl (C=O) groups is 2. The molecule has 2 heterocycles. The van der Waals surface area contributed by atoms with Crippen molar-refractivity contribution >= 4 is 17.4 Å². The number of rotatable bonds is 14. The lowest BCUT2D eigenvalue weighted by Gasteiger charge is -2.26. The Hall–Kier alpha value is -5.05. The summed E-state index contributed by atoms with van der Waals surface area (Å²) in [7, 11) is 1.55. The van der Waals surface area contributed by atoms with Crippen LogP contribution < -0.4 is 14.2 Å². The molecule has 0 saturated carbocycles. The fourth-order valence-corrected chi connectivity index (χ4v) is 5.51. The van der Waals surface area contributed by atoms with Crippen LogP contribution in [0.1, 0.15) is 55.0 Å². The maximum Gasteiger partial charge on any atom is 0.295 e. The maximum absolute atomic E-state index is 13.6. The van der Waals surface area contributed by atoms with E-state index in [2.05, 4.69) is 24.9 Å². The van der Waals surface area contributed by atoms with Crippen molar-refractivity contribution < 1.29 is 28.9 Å². The van der Waals surface area contributed by atoms with Crippen LogP contribution in [0.3, 0.4) is 0 Å². The van der Waals surface area contributed by atoms with Gasteiger partial charge in [0.2, 0.25) is 0 Å². The minimum atomic E-state index is -0.821. The van der Waals surface area contributed by atoms with Crippen LogP contribution in [0.2, 0.25) is 0 Å². The highest BCUT2D eigenvalue weighted by molar-refractivity contribution is 6.46. The Morgan fingerprint density at radius 2 is 1.78 bits per heavy atom. The molecular weight excluding hydrogens is 582 g/mol. The molecule has 240 valence electrons. The van der Waals surface area contributed by atoms with Crippen molar-refractivity contribution in [2.45, 2.75) is 52.8 Å². The summed E-state index contributed by atoms with van der Waals surface area (Å²) in [6.45, 7) is 8.14. The Kier molecular flexibility index (Phi) is 10.4. The summed E-state index contributed by atoms with van der Waals surface area (Å²) in [5.74, 6) is 0.522. The molecule has 1 fully saturated rings. The summed E-state index contributed by atoms with van der Waals surface area (Å²) in [6.07, 6.45) is 6.73. The predicted octanol–water partition coefficient (Wildman–Crippen LogP) is 6.72. The van der Waals surface area contributed by atoms with E-state index in [1.807, 2.05) is 42.0 Å². The standard InChI is InChI=1S/C37H41N3O6/c1-25(2)15-20-45-31-14-11-29(22-32(31)44-4)34-33(36(42)37(43)40(34)18-6-17-39-19-16-38-24-39)35(41)28-9-12-30(13-10-28)46-23-27-8-5-7-26(3)21-27/h5,7-14,16,19,21-22,24-25,34,41H,6,15,17-18,20,23H2,1-4H3/b35-33+. The second kappa shape index (κ2) is 14.8. The number of benzene rings is 3. The molecule has 4 aromatic rings. The van der Waals surface area contributed by atoms with Gasteiger partial charge in [-0.2, -0.15) is 0 Å². The van der Waals surface area contributed by atoms with Gasteiger partial charge in [0, 0.05) is 31.0 Å². The molecule has 1 aliphatic heterocycles. The van der Waals surface area contributed by atoms with Gasteiger partial charge < -0.3 is 28.8 Å². The predicted molar refractivity (Wildman–Crippen MR) is 176 cm³/mol. The first-order valence-electron chi connectivity index (χ1n) is 15.6. The van der Waals surface area contributed by atoms with E-state index in [0.717, 1.165) is 17.5 Å². The third-order valence-corrected chi connectivity index (χ3v) is 7.99. The van der Waals surface area contributed by atoms with Crippen molar-refractivity contribution in [3.05, 3.63) is 113 Å². The van der Waals surface area contributed by atoms with Crippen molar-refractivity contribution in [2.75, 3.05) is 20.3 Å². The number of likely N-dealkylation sites (tertiary alicyclic amines) is 1. The van der Waals surface area contributed by atoms with Gasteiger partial charge in [-0.1, -0.05) is 49.7 Å². The number of methoxy groups -OCH3 is 1. The molecule has 1 amide bonds. The number of hydrogen-bond donors (Lipinski definition) is 1. The van der Waals surface area contributed by atoms with E-state index < -0.39 is 17.7 Å². The van der Waals surface area contributed by atoms with E-state index in [9.17, 15) is 14.7 Å².